The maximum absolute atomic E-state index is 13.6. The van der Waals surface area contributed by atoms with E-state index in [0.717, 1.165) is 5.69 Å². The highest BCUT2D eigenvalue weighted by atomic mass is 19.1. The molecule has 1 aromatic heterocycles. The Morgan fingerprint density at radius 3 is 2.82 bits per heavy atom. The lowest BCUT2D eigenvalue weighted by Crippen LogP contribution is -2.10. The van der Waals surface area contributed by atoms with Gasteiger partial charge < -0.3 is 15.0 Å². The van der Waals surface area contributed by atoms with Gasteiger partial charge in [0.05, 0.1) is 31.0 Å². The van der Waals surface area contributed by atoms with E-state index in [0.29, 0.717) is 5.69 Å². The van der Waals surface area contributed by atoms with Gasteiger partial charge in [-0.1, -0.05) is 0 Å². The summed E-state index contributed by atoms with van der Waals surface area (Å²) in [7, 11) is 1.43. The number of ether oxygens (including phenoxy) is 1. The molecule has 0 unspecified atom stereocenters. The third kappa shape index (κ3) is 2.14. The van der Waals surface area contributed by atoms with Crippen molar-refractivity contribution in [3.05, 3.63) is 42.2 Å². The van der Waals surface area contributed by atoms with Crippen LogP contribution in [0.25, 0.3) is 5.69 Å². The summed E-state index contributed by atoms with van der Waals surface area (Å²) in [6.45, 7) is 1.85. The molecule has 0 spiro atoms. The van der Waals surface area contributed by atoms with Crippen LogP contribution in [0.2, 0.25) is 0 Å². The molecular formula is C12H14FN3O. The third-order valence-corrected chi connectivity index (χ3v) is 2.55. The number of nitrogens with zero attached hydrogens (tertiary/aromatic N) is 2. The Kier molecular flexibility index (Phi) is 3.10. The van der Waals surface area contributed by atoms with Gasteiger partial charge in [-0.2, -0.15) is 0 Å². The van der Waals surface area contributed by atoms with E-state index in [9.17, 15) is 4.39 Å². The van der Waals surface area contributed by atoms with Gasteiger partial charge in [-0.25, -0.2) is 9.37 Å². The molecule has 2 aromatic rings. The summed E-state index contributed by atoms with van der Waals surface area (Å²) >= 11 is 0. The number of halogens is 1. The third-order valence-electron chi connectivity index (χ3n) is 2.55. The highest BCUT2D eigenvalue weighted by Gasteiger charge is 2.10. The van der Waals surface area contributed by atoms with E-state index in [1.54, 1.807) is 29.2 Å². The molecular weight excluding hydrogens is 221 g/mol. The Hall–Kier alpha value is -1.88. The van der Waals surface area contributed by atoms with E-state index < -0.39 is 5.82 Å². The monoisotopic (exact) mass is 235 g/mol. The molecule has 90 valence electrons. The van der Waals surface area contributed by atoms with Crippen LogP contribution in [0, 0.1) is 5.82 Å². The van der Waals surface area contributed by atoms with Gasteiger partial charge >= 0.3 is 0 Å². The maximum Gasteiger partial charge on any atom is 0.167 e. The van der Waals surface area contributed by atoms with Crippen LogP contribution in [0.4, 0.5) is 4.39 Å². The number of methoxy groups -OCH3 is 1. The minimum atomic E-state index is -0.408. The van der Waals surface area contributed by atoms with Crippen LogP contribution in [-0.2, 0) is 0 Å². The average Bonchev–Trinajstić information content (AvgIpc) is 2.77. The topological polar surface area (TPSA) is 53.1 Å². The molecule has 1 atom stereocenters. The predicted molar refractivity (Wildman–Crippen MR) is 62.7 cm³/mol. The lowest BCUT2D eigenvalue weighted by atomic mass is 10.2. The van der Waals surface area contributed by atoms with E-state index in [1.807, 2.05) is 6.92 Å². The fraction of sp³-hybridized carbons (Fsp3) is 0.250. The number of benzene rings is 1. The molecule has 1 heterocycles. The lowest BCUT2D eigenvalue weighted by molar-refractivity contribution is 0.386. The summed E-state index contributed by atoms with van der Waals surface area (Å²) < 4.78 is 20.2. The number of aromatic nitrogens is 2. The van der Waals surface area contributed by atoms with Gasteiger partial charge in [-0.05, 0) is 19.1 Å². The van der Waals surface area contributed by atoms with Crippen LogP contribution in [0.15, 0.2) is 30.7 Å². The Balaban J connectivity index is 2.46. The molecule has 0 saturated heterocycles. The van der Waals surface area contributed by atoms with Gasteiger partial charge in [0.25, 0.3) is 0 Å². The second kappa shape index (κ2) is 4.55. The SMILES string of the molecule is COc1ccc(-n2cncc2[C@@H](C)N)cc1F. The fourth-order valence-electron chi connectivity index (χ4n) is 1.66. The van der Waals surface area contributed by atoms with Gasteiger partial charge in [0, 0.05) is 12.1 Å². The van der Waals surface area contributed by atoms with Crippen molar-refractivity contribution >= 4 is 0 Å². The van der Waals surface area contributed by atoms with Crippen LogP contribution in [-0.4, -0.2) is 16.7 Å². The summed E-state index contributed by atoms with van der Waals surface area (Å²) in [6.07, 6.45) is 3.28. The molecule has 0 aliphatic carbocycles. The van der Waals surface area contributed by atoms with Crippen molar-refractivity contribution < 1.29 is 9.13 Å². The number of rotatable bonds is 3. The predicted octanol–water partition coefficient (Wildman–Crippen LogP) is 2.04. The summed E-state index contributed by atoms with van der Waals surface area (Å²) in [5.41, 5.74) is 7.31. The molecule has 2 N–H and O–H groups in total. The summed E-state index contributed by atoms with van der Waals surface area (Å²) in [4.78, 5) is 4.02. The van der Waals surface area contributed by atoms with E-state index in [4.69, 9.17) is 10.5 Å². The molecule has 4 nitrogen and oxygen atoms in total. The molecule has 0 fully saturated rings. The van der Waals surface area contributed by atoms with Gasteiger partial charge in [-0.3, -0.25) is 0 Å². The van der Waals surface area contributed by atoms with Crippen LogP contribution >= 0.6 is 0 Å². The van der Waals surface area contributed by atoms with Crippen LogP contribution in [0.5, 0.6) is 5.75 Å². The fourth-order valence-corrected chi connectivity index (χ4v) is 1.66. The lowest BCUT2D eigenvalue weighted by Gasteiger charge is -2.11. The minimum Gasteiger partial charge on any atom is -0.494 e. The molecule has 0 amide bonds. The van der Waals surface area contributed by atoms with E-state index >= 15 is 0 Å². The van der Waals surface area contributed by atoms with Gasteiger partial charge in [-0.15, -0.1) is 0 Å². The first kappa shape index (κ1) is 11.6. The van der Waals surface area contributed by atoms with Crippen molar-refractivity contribution in [3.8, 4) is 11.4 Å². The molecule has 0 aliphatic rings. The molecule has 5 heteroatoms. The van der Waals surface area contributed by atoms with Crippen molar-refractivity contribution in [1.29, 1.82) is 0 Å². The van der Waals surface area contributed by atoms with Crippen molar-refractivity contribution in [3.63, 3.8) is 0 Å². The van der Waals surface area contributed by atoms with Crippen molar-refractivity contribution in [2.75, 3.05) is 7.11 Å². The quantitative estimate of drug-likeness (QED) is 0.885. The second-order valence-corrected chi connectivity index (χ2v) is 3.80. The zero-order valence-corrected chi connectivity index (χ0v) is 9.72. The zero-order chi connectivity index (χ0) is 12.4. The molecule has 0 saturated carbocycles. The Bertz CT molecular complexity index is 522. The Morgan fingerprint density at radius 1 is 1.47 bits per heavy atom. The first-order valence-electron chi connectivity index (χ1n) is 5.25. The Labute approximate surface area is 98.8 Å². The van der Waals surface area contributed by atoms with E-state index in [1.165, 1.54) is 13.2 Å². The highest BCUT2D eigenvalue weighted by Crippen LogP contribution is 2.22. The summed E-state index contributed by atoms with van der Waals surface area (Å²) in [5.74, 6) is -0.189. The number of nitrogens with two attached hydrogens (primary N) is 1. The zero-order valence-electron chi connectivity index (χ0n) is 9.72. The van der Waals surface area contributed by atoms with E-state index in [-0.39, 0.29) is 11.8 Å². The first-order valence-corrected chi connectivity index (χ1v) is 5.25. The van der Waals surface area contributed by atoms with Gasteiger partial charge in [0.15, 0.2) is 11.6 Å². The molecule has 0 radical (unpaired) electrons. The normalized spacial score (nSPS) is 12.5. The van der Waals surface area contributed by atoms with Gasteiger partial charge in [0.2, 0.25) is 0 Å². The van der Waals surface area contributed by atoms with Crippen molar-refractivity contribution in [2.45, 2.75) is 13.0 Å². The second-order valence-electron chi connectivity index (χ2n) is 3.80. The largest absolute Gasteiger partial charge is 0.494 e. The molecule has 17 heavy (non-hydrogen) atoms. The molecule has 1 aromatic carbocycles. The average molecular weight is 235 g/mol. The highest BCUT2D eigenvalue weighted by molar-refractivity contribution is 5.40. The standard InChI is InChI=1S/C12H14FN3O/c1-8(14)11-6-15-7-16(11)9-3-4-12(17-2)10(13)5-9/h3-8H,14H2,1-2H3/t8-/m1/s1. The molecule has 0 aliphatic heterocycles. The Morgan fingerprint density at radius 2 is 2.24 bits per heavy atom. The summed E-state index contributed by atoms with van der Waals surface area (Å²) in [6, 6.07) is 4.57. The van der Waals surface area contributed by atoms with Crippen molar-refractivity contribution in [1.82, 2.24) is 9.55 Å². The van der Waals surface area contributed by atoms with Crippen LogP contribution in [0.3, 0.4) is 0 Å². The molecule has 0 bridgehead atoms. The van der Waals surface area contributed by atoms with Gasteiger partial charge in [0.1, 0.15) is 0 Å². The number of hydrogen-bond acceptors (Lipinski definition) is 3. The summed E-state index contributed by atoms with van der Waals surface area (Å²) in [5, 5.41) is 0. The van der Waals surface area contributed by atoms with E-state index in [2.05, 4.69) is 4.98 Å². The minimum absolute atomic E-state index is 0.164. The number of imidazole rings is 1. The number of hydrogen-bond donors (Lipinski definition) is 1. The van der Waals surface area contributed by atoms with Crippen molar-refractivity contribution in [2.24, 2.45) is 5.73 Å². The molecule has 2 rings (SSSR count). The van der Waals surface area contributed by atoms with Crippen LogP contribution in [0.1, 0.15) is 18.7 Å². The first-order chi connectivity index (χ1) is 8.13. The smallest absolute Gasteiger partial charge is 0.167 e. The van der Waals surface area contributed by atoms with Crippen LogP contribution < -0.4 is 10.5 Å². The maximum atomic E-state index is 13.6.